The van der Waals surface area contributed by atoms with Crippen LogP contribution in [-0.2, 0) is 10.9 Å². The van der Waals surface area contributed by atoms with Crippen LogP contribution >= 0.6 is 11.6 Å². The lowest BCUT2D eigenvalue weighted by Gasteiger charge is -2.19. The number of alkyl halides is 3. The minimum Gasteiger partial charge on any atom is -0.444 e. The third kappa shape index (κ3) is 6.38. The van der Waals surface area contributed by atoms with Gasteiger partial charge in [-0.15, -0.1) is 0 Å². The fourth-order valence-corrected chi connectivity index (χ4v) is 1.62. The van der Waals surface area contributed by atoms with Gasteiger partial charge in [0.05, 0.1) is 10.6 Å². The Labute approximate surface area is 131 Å². The minimum absolute atomic E-state index is 0.112. The summed E-state index contributed by atoms with van der Waals surface area (Å²) in [5, 5.41) is 5.07. The van der Waals surface area contributed by atoms with E-state index in [-0.39, 0.29) is 23.9 Å². The Balaban J connectivity index is 2.45. The van der Waals surface area contributed by atoms with Gasteiger partial charge in [0.25, 0.3) is 0 Å². The van der Waals surface area contributed by atoms with Crippen molar-refractivity contribution in [2.75, 3.05) is 18.4 Å². The van der Waals surface area contributed by atoms with Crippen LogP contribution < -0.4 is 10.6 Å². The van der Waals surface area contributed by atoms with E-state index in [1.165, 1.54) is 0 Å². The van der Waals surface area contributed by atoms with Gasteiger partial charge in [-0.2, -0.15) is 13.2 Å². The molecular weight excluding hydrogens is 323 g/mol. The first-order chi connectivity index (χ1) is 9.99. The zero-order valence-corrected chi connectivity index (χ0v) is 13.1. The summed E-state index contributed by atoms with van der Waals surface area (Å²) in [5.74, 6) is 0.112. The lowest BCUT2D eigenvalue weighted by Crippen LogP contribution is -2.35. The maximum atomic E-state index is 12.4. The fourth-order valence-electron chi connectivity index (χ4n) is 1.38. The molecule has 0 atom stereocenters. The zero-order valence-electron chi connectivity index (χ0n) is 12.3. The Morgan fingerprint density at radius 2 is 1.95 bits per heavy atom. The van der Waals surface area contributed by atoms with E-state index in [9.17, 15) is 18.0 Å². The van der Waals surface area contributed by atoms with E-state index in [1.807, 2.05) is 0 Å². The molecule has 0 saturated carbocycles. The molecule has 1 aromatic heterocycles. The molecular formula is C13H17ClF3N3O2. The molecule has 2 N–H and O–H groups in total. The number of hydrogen-bond acceptors (Lipinski definition) is 4. The number of nitrogens with one attached hydrogen (secondary N) is 2. The molecule has 0 saturated heterocycles. The van der Waals surface area contributed by atoms with Gasteiger partial charge in [0.15, 0.2) is 0 Å². The van der Waals surface area contributed by atoms with Crippen molar-refractivity contribution < 1.29 is 22.7 Å². The molecule has 0 fully saturated rings. The van der Waals surface area contributed by atoms with Crippen LogP contribution in [0.25, 0.3) is 0 Å². The van der Waals surface area contributed by atoms with Crippen LogP contribution in [-0.4, -0.2) is 29.8 Å². The first-order valence-corrected chi connectivity index (χ1v) is 6.80. The van der Waals surface area contributed by atoms with Crippen molar-refractivity contribution in [1.82, 2.24) is 10.3 Å². The van der Waals surface area contributed by atoms with Gasteiger partial charge < -0.3 is 15.4 Å². The molecule has 1 aromatic rings. The van der Waals surface area contributed by atoms with E-state index in [1.54, 1.807) is 20.8 Å². The average molecular weight is 340 g/mol. The van der Waals surface area contributed by atoms with Crippen molar-refractivity contribution in [1.29, 1.82) is 0 Å². The van der Waals surface area contributed by atoms with E-state index >= 15 is 0 Å². The molecule has 0 radical (unpaired) electrons. The molecule has 124 valence electrons. The number of pyridine rings is 1. The van der Waals surface area contributed by atoms with Crippen molar-refractivity contribution in [3.05, 3.63) is 22.8 Å². The van der Waals surface area contributed by atoms with Gasteiger partial charge >= 0.3 is 12.3 Å². The zero-order chi connectivity index (χ0) is 17.0. The minimum atomic E-state index is -4.49. The molecule has 0 aromatic carbocycles. The number of anilines is 1. The molecule has 0 unspecified atom stereocenters. The second kappa shape index (κ2) is 7.04. The highest BCUT2D eigenvalue weighted by Gasteiger charge is 2.31. The number of alkyl carbamates (subject to hydrolysis) is 1. The fraction of sp³-hybridized carbons (Fsp3) is 0.538. The largest absolute Gasteiger partial charge is 0.444 e. The summed E-state index contributed by atoms with van der Waals surface area (Å²) in [6, 6.07) is 0.790. The summed E-state index contributed by atoms with van der Waals surface area (Å²) in [4.78, 5) is 15.0. The Morgan fingerprint density at radius 1 is 1.32 bits per heavy atom. The van der Waals surface area contributed by atoms with Gasteiger partial charge in [0, 0.05) is 19.3 Å². The van der Waals surface area contributed by atoms with Crippen LogP contribution in [0.15, 0.2) is 12.3 Å². The Bertz CT molecular complexity index is 530. The summed E-state index contributed by atoms with van der Waals surface area (Å²) in [6.07, 6.45) is -4.39. The molecule has 22 heavy (non-hydrogen) atoms. The lowest BCUT2D eigenvalue weighted by atomic mass is 10.2. The molecule has 1 amide bonds. The third-order valence-corrected chi connectivity index (χ3v) is 2.54. The maximum Gasteiger partial charge on any atom is 0.417 e. The number of amides is 1. The van der Waals surface area contributed by atoms with Crippen molar-refractivity contribution in [2.45, 2.75) is 32.5 Å². The summed E-state index contributed by atoms with van der Waals surface area (Å²) < 4.78 is 42.4. The normalized spacial score (nSPS) is 12.0. The lowest BCUT2D eigenvalue weighted by molar-refractivity contribution is -0.137. The molecule has 0 aliphatic rings. The maximum absolute atomic E-state index is 12.4. The molecule has 5 nitrogen and oxygen atoms in total. The Kier molecular flexibility index (Phi) is 5.87. The van der Waals surface area contributed by atoms with Crippen LogP contribution in [0, 0.1) is 0 Å². The molecule has 1 rings (SSSR count). The second-order valence-corrected chi connectivity index (χ2v) is 5.81. The number of nitrogens with zero attached hydrogens (tertiary/aromatic N) is 1. The molecule has 0 spiro atoms. The van der Waals surface area contributed by atoms with Gasteiger partial charge in [0.1, 0.15) is 11.4 Å². The van der Waals surface area contributed by atoms with Crippen molar-refractivity contribution in [3.8, 4) is 0 Å². The number of aromatic nitrogens is 1. The van der Waals surface area contributed by atoms with Gasteiger partial charge in [-0.25, -0.2) is 9.78 Å². The smallest absolute Gasteiger partial charge is 0.417 e. The highest BCUT2D eigenvalue weighted by molar-refractivity contribution is 6.32. The number of carbonyl (C=O) groups excluding carboxylic acids is 1. The molecule has 0 bridgehead atoms. The first-order valence-electron chi connectivity index (χ1n) is 6.42. The number of hydrogen-bond donors (Lipinski definition) is 2. The molecule has 0 aliphatic heterocycles. The summed E-state index contributed by atoms with van der Waals surface area (Å²) >= 11 is 5.73. The van der Waals surface area contributed by atoms with E-state index in [4.69, 9.17) is 16.3 Å². The highest BCUT2D eigenvalue weighted by Crippen LogP contribution is 2.32. The predicted molar refractivity (Wildman–Crippen MR) is 77.0 cm³/mol. The van der Waals surface area contributed by atoms with Crippen LogP contribution in [0.3, 0.4) is 0 Å². The topological polar surface area (TPSA) is 63.2 Å². The Morgan fingerprint density at radius 3 is 2.45 bits per heavy atom. The van der Waals surface area contributed by atoms with Gasteiger partial charge in [-0.05, 0) is 26.8 Å². The van der Waals surface area contributed by atoms with E-state index in [2.05, 4.69) is 15.6 Å². The average Bonchev–Trinajstić information content (AvgIpc) is 2.32. The molecule has 1 heterocycles. The third-order valence-electron chi connectivity index (χ3n) is 2.25. The predicted octanol–water partition coefficient (Wildman–Crippen LogP) is 3.69. The number of carbonyl (C=O) groups is 1. The van der Waals surface area contributed by atoms with Gasteiger partial charge in [-0.1, -0.05) is 11.6 Å². The summed E-state index contributed by atoms with van der Waals surface area (Å²) in [5.41, 5.74) is -1.52. The second-order valence-electron chi connectivity index (χ2n) is 5.41. The van der Waals surface area contributed by atoms with Gasteiger partial charge in [0.2, 0.25) is 0 Å². The van der Waals surface area contributed by atoms with Crippen molar-refractivity contribution in [2.24, 2.45) is 0 Å². The van der Waals surface area contributed by atoms with Crippen LogP contribution in [0.2, 0.25) is 5.02 Å². The molecule has 9 heteroatoms. The van der Waals surface area contributed by atoms with Gasteiger partial charge in [-0.3, -0.25) is 0 Å². The number of halogens is 4. The monoisotopic (exact) mass is 339 g/mol. The quantitative estimate of drug-likeness (QED) is 0.821. The number of ether oxygens (including phenoxy) is 1. The van der Waals surface area contributed by atoms with Crippen molar-refractivity contribution in [3.63, 3.8) is 0 Å². The standard InChI is InChI=1S/C13H17ClF3N3O2/c1-12(2,3)22-11(21)19-5-4-18-10-9(14)6-8(7-20-10)13(15,16)17/h6-7H,4-5H2,1-3H3,(H,18,20)(H,19,21). The van der Waals surface area contributed by atoms with Crippen LogP contribution in [0.5, 0.6) is 0 Å². The van der Waals surface area contributed by atoms with E-state index in [0.717, 1.165) is 6.07 Å². The highest BCUT2D eigenvalue weighted by atomic mass is 35.5. The van der Waals surface area contributed by atoms with Crippen molar-refractivity contribution >= 4 is 23.5 Å². The first kappa shape index (κ1) is 18.3. The SMILES string of the molecule is CC(C)(C)OC(=O)NCCNc1ncc(C(F)(F)F)cc1Cl. The summed E-state index contributed by atoms with van der Waals surface area (Å²) in [6.45, 7) is 5.63. The van der Waals surface area contributed by atoms with E-state index < -0.39 is 23.4 Å². The van der Waals surface area contributed by atoms with Crippen LogP contribution in [0.1, 0.15) is 26.3 Å². The number of rotatable bonds is 4. The summed E-state index contributed by atoms with van der Waals surface area (Å²) in [7, 11) is 0. The van der Waals surface area contributed by atoms with E-state index in [0.29, 0.717) is 6.20 Å². The molecule has 0 aliphatic carbocycles. The Hall–Kier alpha value is -1.70. The van der Waals surface area contributed by atoms with Crippen LogP contribution in [0.4, 0.5) is 23.8 Å².